The quantitative estimate of drug-likeness (QED) is 0.320. The SMILES string of the molecule is COC[C@]1(O)CCCC[C@H]1n1cnc(C(=O)N2CCNC[C@H]2CCOc2ccc[n+]([O-])c2)c1-c1ccccc1. The van der Waals surface area contributed by atoms with Gasteiger partial charge in [-0.05, 0) is 18.9 Å². The van der Waals surface area contributed by atoms with Crippen LogP contribution in [0.4, 0.5) is 0 Å². The maximum absolute atomic E-state index is 14.1. The lowest BCUT2D eigenvalue weighted by Gasteiger charge is -2.41. The highest BCUT2D eigenvalue weighted by molar-refractivity contribution is 5.98. The number of benzene rings is 1. The highest BCUT2D eigenvalue weighted by Gasteiger charge is 2.42. The number of hydrogen-bond donors (Lipinski definition) is 2. The Kier molecular flexibility index (Phi) is 8.44. The zero-order valence-corrected chi connectivity index (χ0v) is 22.4. The number of nitrogens with one attached hydrogen (secondary N) is 1. The van der Waals surface area contributed by atoms with Gasteiger partial charge in [-0.15, -0.1) is 0 Å². The molecular weight excluding hydrogens is 498 g/mol. The Morgan fingerprint density at radius 2 is 2.10 bits per heavy atom. The van der Waals surface area contributed by atoms with Crippen LogP contribution in [0.2, 0.25) is 0 Å². The number of hydrogen-bond acceptors (Lipinski definition) is 7. The molecule has 2 fully saturated rings. The van der Waals surface area contributed by atoms with Crippen molar-refractivity contribution in [2.45, 2.75) is 49.8 Å². The van der Waals surface area contributed by atoms with E-state index in [1.165, 1.54) is 12.4 Å². The predicted octanol–water partition coefficient (Wildman–Crippen LogP) is 2.56. The van der Waals surface area contributed by atoms with Crippen LogP contribution in [-0.4, -0.2) is 77.1 Å². The molecule has 208 valence electrons. The Labute approximate surface area is 228 Å². The zero-order chi connectivity index (χ0) is 27.2. The summed E-state index contributed by atoms with van der Waals surface area (Å²) in [5.41, 5.74) is 0.954. The fourth-order valence-electron chi connectivity index (χ4n) is 5.91. The minimum absolute atomic E-state index is 0.0942. The van der Waals surface area contributed by atoms with Crippen LogP contribution in [0.25, 0.3) is 11.3 Å². The number of ether oxygens (including phenoxy) is 2. The van der Waals surface area contributed by atoms with Crippen molar-refractivity contribution in [3.63, 3.8) is 0 Å². The molecule has 1 aliphatic heterocycles. The summed E-state index contributed by atoms with van der Waals surface area (Å²) in [6.45, 7) is 2.47. The van der Waals surface area contributed by atoms with Crippen molar-refractivity contribution in [2.24, 2.45) is 0 Å². The van der Waals surface area contributed by atoms with E-state index in [1.807, 2.05) is 39.8 Å². The van der Waals surface area contributed by atoms with Crippen molar-refractivity contribution in [3.8, 4) is 17.0 Å². The predicted molar refractivity (Wildman–Crippen MR) is 145 cm³/mol. The minimum atomic E-state index is -1.04. The van der Waals surface area contributed by atoms with Crippen LogP contribution in [0.1, 0.15) is 48.6 Å². The number of piperazine rings is 1. The molecule has 0 bridgehead atoms. The van der Waals surface area contributed by atoms with Gasteiger partial charge in [0, 0.05) is 50.8 Å². The van der Waals surface area contributed by atoms with Crippen molar-refractivity contribution in [1.82, 2.24) is 19.8 Å². The molecule has 5 rings (SSSR count). The number of carbonyl (C=O) groups is 1. The van der Waals surface area contributed by atoms with Crippen molar-refractivity contribution in [2.75, 3.05) is 40.0 Å². The summed E-state index contributed by atoms with van der Waals surface area (Å²) in [5.74, 6) is 0.359. The van der Waals surface area contributed by atoms with Gasteiger partial charge in [-0.25, -0.2) is 4.98 Å². The van der Waals surface area contributed by atoms with Gasteiger partial charge in [0.1, 0.15) is 5.60 Å². The largest absolute Gasteiger partial charge is 0.619 e. The van der Waals surface area contributed by atoms with Crippen LogP contribution < -0.4 is 14.8 Å². The molecule has 39 heavy (non-hydrogen) atoms. The van der Waals surface area contributed by atoms with E-state index >= 15 is 0 Å². The monoisotopic (exact) mass is 535 g/mol. The van der Waals surface area contributed by atoms with Crippen LogP contribution in [0.5, 0.6) is 5.75 Å². The van der Waals surface area contributed by atoms with Crippen LogP contribution >= 0.6 is 0 Å². The van der Waals surface area contributed by atoms with Gasteiger partial charge in [-0.1, -0.05) is 43.2 Å². The maximum atomic E-state index is 14.1. The molecule has 1 amide bonds. The smallest absolute Gasteiger partial charge is 0.275 e. The number of aromatic nitrogens is 3. The maximum Gasteiger partial charge on any atom is 0.275 e. The molecule has 1 saturated carbocycles. The Morgan fingerprint density at radius 1 is 1.26 bits per heavy atom. The van der Waals surface area contributed by atoms with Gasteiger partial charge in [0.2, 0.25) is 6.20 Å². The van der Waals surface area contributed by atoms with Gasteiger partial charge in [-0.2, -0.15) is 4.73 Å². The van der Waals surface area contributed by atoms with Crippen LogP contribution in [-0.2, 0) is 4.74 Å². The van der Waals surface area contributed by atoms with E-state index in [0.29, 0.717) is 55.3 Å². The van der Waals surface area contributed by atoms with E-state index < -0.39 is 5.60 Å². The van der Waals surface area contributed by atoms with Crippen LogP contribution in [0.15, 0.2) is 61.2 Å². The molecule has 0 spiro atoms. The van der Waals surface area contributed by atoms with Crippen molar-refractivity contribution >= 4 is 5.91 Å². The van der Waals surface area contributed by atoms with Gasteiger partial charge in [-0.3, -0.25) is 4.79 Å². The second kappa shape index (κ2) is 12.1. The van der Waals surface area contributed by atoms with E-state index in [4.69, 9.17) is 9.47 Å². The average Bonchev–Trinajstić information content (AvgIpc) is 3.38. The summed E-state index contributed by atoms with van der Waals surface area (Å²) in [7, 11) is 1.61. The molecule has 10 heteroatoms. The van der Waals surface area contributed by atoms with E-state index in [1.54, 1.807) is 25.6 Å². The summed E-state index contributed by atoms with van der Waals surface area (Å²) in [5, 5.41) is 26.5. The number of imidazole rings is 1. The van der Waals surface area contributed by atoms with E-state index in [0.717, 1.165) is 30.5 Å². The highest BCUT2D eigenvalue weighted by Crippen LogP contribution is 2.41. The van der Waals surface area contributed by atoms with Crippen LogP contribution in [0.3, 0.4) is 0 Å². The molecule has 1 aliphatic carbocycles. The van der Waals surface area contributed by atoms with Crippen LogP contribution in [0, 0.1) is 5.21 Å². The van der Waals surface area contributed by atoms with Crippen molar-refractivity contribution in [1.29, 1.82) is 0 Å². The molecule has 3 heterocycles. The Balaban J connectivity index is 1.42. The number of carbonyl (C=O) groups excluding carboxylic acids is 1. The molecule has 3 aromatic rings. The Morgan fingerprint density at radius 3 is 2.90 bits per heavy atom. The fraction of sp³-hybridized carbons (Fsp3) is 0.483. The Bertz CT molecular complexity index is 1250. The summed E-state index contributed by atoms with van der Waals surface area (Å²) in [6, 6.07) is 12.8. The molecule has 3 atom stereocenters. The first-order valence-electron chi connectivity index (χ1n) is 13.7. The first kappa shape index (κ1) is 27.1. The molecule has 2 aliphatic rings. The van der Waals surface area contributed by atoms with E-state index in [-0.39, 0.29) is 24.6 Å². The molecule has 2 N–H and O–H groups in total. The van der Waals surface area contributed by atoms with Crippen molar-refractivity contribution in [3.05, 3.63) is 72.1 Å². The molecule has 10 nitrogen and oxygen atoms in total. The molecule has 1 saturated heterocycles. The minimum Gasteiger partial charge on any atom is -0.619 e. The normalized spacial score (nSPS) is 23.5. The lowest BCUT2D eigenvalue weighted by molar-refractivity contribution is -0.605. The number of rotatable bonds is 9. The molecule has 1 aromatic carbocycles. The van der Waals surface area contributed by atoms with E-state index in [2.05, 4.69) is 10.3 Å². The lowest BCUT2D eigenvalue weighted by atomic mass is 9.80. The second-order valence-electron chi connectivity index (χ2n) is 10.4. The third kappa shape index (κ3) is 5.93. The summed E-state index contributed by atoms with van der Waals surface area (Å²) < 4.78 is 13.9. The van der Waals surface area contributed by atoms with Gasteiger partial charge < -0.3 is 34.6 Å². The molecule has 0 radical (unpaired) electrons. The second-order valence-corrected chi connectivity index (χ2v) is 10.4. The third-order valence-corrected chi connectivity index (χ3v) is 7.81. The first-order chi connectivity index (χ1) is 19.0. The number of pyridine rings is 1. The zero-order valence-electron chi connectivity index (χ0n) is 22.4. The number of amides is 1. The topological polar surface area (TPSA) is 116 Å². The van der Waals surface area contributed by atoms with Gasteiger partial charge in [0.05, 0.1) is 31.3 Å². The Hall–Kier alpha value is -3.47. The molecular formula is C29H37N5O5. The lowest BCUT2D eigenvalue weighted by Crippen LogP contribution is -2.54. The first-order valence-corrected chi connectivity index (χ1v) is 13.7. The average molecular weight is 536 g/mol. The molecule has 2 aromatic heterocycles. The summed E-state index contributed by atoms with van der Waals surface area (Å²) >= 11 is 0. The number of methoxy groups -OCH3 is 1. The standard InChI is InChI=1S/C29H37N5O5/c1-38-20-29(36)13-6-5-11-25(29)34-21-31-26(27(34)22-8-3-2-4-9-22)28(35)33-16-14-30-18-23(33)12-17-39-24-10-7-15-32(37)19-24/h2-4,7-10,15,19,21,23,25,30,36H,5-6,11-14,16-18,20H2,1H3/t23-,25-,29-/m1/s1. The van der Waals surface area contributed by atoms with Crippen molar-refractivity contribution < 1.29 is 24.1 Å². The number of nitrogens with zero attached hydrogens (tertiary/aromatic N) is 4. The summed E-state index contributed by atoms with van der Waals surface area (Å²) in [6.07, 6.45) is 8.43. The van der Waals surface area contributed by atoms with Gasteiger partial charge in [0.25, 0.3) is 5.91 Å². The third-order valence-electron chi connectivity index (χ3n) is 7.81. The summed E-state index contributed by atoms with van der Waals surface area (Å²) in [4.78, 5) is 20.7. The van der Waals surface area contributed by atoms with Gasteiger partial charge in [0.15, 0.2) is 17.6 Å². The number of aliphatic hydroxyl groups is 1. The fourth-order valence-corrected chi connectivity index (χ4v) is 5.91. The van der Waals surface area contributed by atoms with Gasteiger partial charge >= 0.3 is 0 Å². The molecule has 0 unspecified atom stereocenters. The highest BCUT2D eigenvalue weighted by atomic mass is 16.5. The van der Waals surface area contributed by atoms with E-state index in [9.17, 15) is 15.1 Å².